The quantitative estimate of drug-likeness (QED) is 0.547. The van der Waals surface area contributed by atoms with Gasteiger partial charge in [-0.05, 0) is 46.3 Å². The molecule has 0 aliphatic heterocycles. The normalized spacial score (nSPS) is 10.5. The Morgan fingerprint density at radius 3 is 2.84 bits per heavy atom. The maximum atomic E-state index is 12.1. The first-order valence-electron chi connectivity index (χ1n) is 5.29. The van der Waals surface area contributed by atoms with Gasteiger partial charge >= 0.3 is 0 Å². The van der Waals surface area contributed by atoms with Gasteiger partial charge in [0.2, 0.25) is 0 Å². The van der Waals surface area contributed by atoms with Gasteiger partial charge in [-0.15, -0.1) is 0 Å². The molecule has 0 atom stereocenters. The minimum absolute atomic E-state index is 0.0740. The molecule has 0 radical (unpaired) electrons. The van der Waals surface area contributed by atoms with Crippen molar-refractivity contribution >= 4 is 56.7 Å². The van der Waals surface area contributed by atoms with E-state index in [0.717, 1.165) is 9.50 Å². The summed E-state index contributed by atoms with van der Waals surface area (Å²) in [5, 5.41) is 1.68. The zero-order chi connectivity index (χ0) is 13.8. The van der Waals surface area contributed by atoms with E-state index in [9.17, 15) is 4.79 Å². The zero-order valence-corrected chi connectivity index (χ0v) is 13.5. The monoisotopic (exact) mass is 375 g/mol. The molecule has 0 unspecified atom stereocenters. The van der Waals surface area contributed by atoms with Crippen molar-refractivity contribution in [3.8, 4) is 0 Å². The van der Waals surface area contributed by atoms with Crippen molar-refractivity contribution in [2.24, 2.45) is 0 Å². The molecule has 2 aromatic rings. The molecule has 1 aromatic carbocycles. The lowest BCUT2D eigenvalue weighted by Crippen LogP contribution is -2.03. The SMILES string of the molecule is O=C(CSc1ncccc1Br)c1cc(Cl)ccc1Cl. The molecule has 0 saturated heterocycles. The minimum Gasteiger partial charge on any atom is -0.293 e. The Morgan fingerprint density at radius 2 is 2.11 bits per heavy atom. The number of thioether (sulfide) groups is 1. The lowest BCUT2D eigenvalue weighted by molar-refractivity contribution is 0.102. The van der Waals surface area contributed by atoms with Gasteiger partial charge in [-0.2, -0.15) is 0 Å². The van der Waals surface area contributed by atoms with E-state index in [2.05, 4.69) is 20.9 Å². The van der Waals surface area contributed by atoms with Crippen LogP contribution in [0.3, 0.4) is 0 Å². The summed E-state index contributed by atoms with van der Waals surface area (Å²) >= 11 is 16.6. The predicted molar refractivity (Wildman–Crippen MR) is 83.5 cm³/mol. The van der Waals surface area contributed by atoms with Gasteiger partial charge < -0.3 is 0 Å². The Balaban J connectivity index is 2.10. The van der Waals surface area contributed by atoms with Gasteiger partial charge in [-0.3, -0.25) is 4.79 Å². The van der Waals surface area contributed by atoms with Crippen molar-refractivity contribution in [3.05, 3.63) is 56.6 Å². The van der Waals surface area contributed by atoms with Gasteiger partial charge in [-0.25, -0.2) is 4.98 Å². The van der Waals surface area contributed by atoms with E-state index in [-0.39, 0.29) is 11.5 Å². The molecule has 1 heterocycles. The number of rotatable bonds is 4. The zero-order valence-electron chi connectivity index (χ0n) is 9.57. The van der Waals surface area contributed by atoms with Crippen LogP contribution in [0.1, 0.15) is 10.4 Å². The molecule has 98 valence electrons. The predicted octanol–water partition coefficient (Wildman–Crippen LogP) is 5.13. The lowest BCUT2D eigenvalue weighted by Gasteiger charge is -2.05. The number of hydrogen-bond donors (Lipinski definition) is 0. The average molecular weight is 377 g/mol. The number of Topliss-reactive ketones (excluding diaryl/α,β-unsaturated/α-hetero) is 1. The van der Waals surface area contributed by atoms with E-state index in [0.29, 0.717) is 15.6 Å². The maximum absolute atomic E-state index is 12.1. The molecule has 2 rings (SSSR count). The van der Waals surface area contributed by atoms with Gasteiger partial charge in [0.05, 0.1) is 10.8 Å². The molecule has 0 spiro atoms. The van der Waals surface area contributed by atoms with Crippen molar-refractivity contribution in [3.63, 3.8) is 0 Å². The summed E-state index contributed by atoms with van der Waals surface area (Å²) in [7, 11) is 0. The molecule has 0 N–H and O–H groups in total. The van der Waals surface area contributed by atoms with E-state index in [1.165, 1.54) is 11.8 Å². The van der Waals surface area contributed by atoms with Crippen LogP contribution in [-0.2, 0) is 0 Å². The van der Waals surface area contributed by atoms with Gasteiger partial charge in [0.15, 0.2) is 5.78 Å². The molecular formula is C13H8BrCl2NOS. The summed E-state index contributed by atoms with van der Waals surface area (Å²) in [5.74, 6) is 0.186. The fraction of sp³-hybridized carbons (Fsp3) is 0.0769. The largest absolute Gasteiger partial charge is 0.293 e. The fourth-order valence-electron chi connectivity index (χ4n) is 1.40. The fourth-order valence-corrected chi connectivity index (χ4v) is 3.16. The Labute approximate surface area is 133 Å². The van der Waals surface area contributed by atoms with E-state index >= 15 is 0 Å². The average Bonchev–Trinajstić information content (AvgIpc) is 2.40. The summed E-state index contributed by atoms with van der Waals surface area (Å²) in [6.45, 7) is 0. The van der Waals surface area contributed by atoms with Crippen LogP contribution in [0.4, 0.5) is 0 Å². The first-order valence-corrected chi connectivity index (χ1v) is 7.83. The van der Waals surface area contributed by atoms with Crippen LogP contribution in [0.5, 0.6) is 0 Å². The molecule has 2 nitrogen and oxygen atoms in total. The number of halogens is 3. The highest BCUT2D eigenvalue weighted by Crippen LogP contribution is 2.27. The molecule has 0 fully saturated rings. The molecule has 0 saturated carbocycles. The van der Waals surface area contributed by atoms with Crippen LogP contribution in [0.25, 0.3) is 0 Å². The van der Waals surface area contributed by atoms with Crippen molar-refractivity contribution in [1.82, 2.24) is 4.98 Å². The Morgan fingerprint density at radius 1 is 1.32 bits per heavy atom. The first-order chi connectivity index (χ1) is 9.08. The molecular weight excluding hydrogens is 369 g/mol. The number of nitrogens with zero attached hydrogens (tertiary/aromatic N) is 1. The van der Waals surface area contributed by atoms with Crippen molar-refractivity contribution in [1.29, 1.82) is 0 Å². The number of carbonyl (C=O) groups excluding carboxylic acids is 1. The van der Waals surface area contributed by atoms with Gasteiger partial charge in [0, 0.05) is 21.3 Å². The highest BCUT2D eigenvalue weighted by Gasteiger charge is 2.12. The Hall–Kier alpha value is -0.550. The van der Waals surface area contributed by atoms with Crippen LogP contribution in [0.15, 0.2) is 46.0 Å². The molecule has 1 aromatic heterocycles. The second-order valence-corrected chi connectivity index (χ2v) is 6.29. The number of pyridine rings is 1. The number of hydrogen-bond acceptors (Lipinski definition) is 3. The van der Waals surface area contributed by atoms with Crippen LogP contribution >= 0.6 is 50.9 Å². The second-order valence-electron chi connectivity index (χ2n) is 3.63. The maximum Gasteiger partial charge on any atom is 0.174 e. The second kappa shape index (κ2) is 6.75. The summed E-state index contributed by atoms with van der Waals surface area (Å²) < 4.78 is 0.866. The summed E-state index contributed by atoms with van der Waals surface area (Å²) in [4.78, 5) is 16.3. The van der Waals surface area contributed by atoms with Crippen molar-refractivity contribution in [2.45, 2.75) is 5.03 Å². The van der Waals surface area contributed by atoms with Crippen molar-refractivity contribution in [2.75, 3.05) is 5.75 Å². The molecule has 0 bridgehead atoms. The first kappa shape index (κ1) is 14.9. The standard InChI is InChI=1S/C13H8BrCl2NOS/c14-10-2-1-5-17-13(10)19-7-12(18)9-6-8(15)3-4-11(9)16/h1-6H,7H2. The summed E-state index contributed by atoms with van der Waals surface area (Å²) in [6, 6.07) is 8.57. The lowest BCUT2D eigenvalue weighted by atomic mass is 10.1. The number of carbonyl (C=O) groups is 1. The van der Waals surface area contributed by atoms with E-state index in [1.807, 2.05) is 12.1 Å². The molecule has 0 amide bonds. The summed E-state index contributed by atoms with van der Waals surface area (Å²) in [6.07, 6.45) is 1.68. The van der Waals surface area contributed by atoms with Gasteiger partial charge in [0.1, 0.15) is 5.03 Å². The van der Waals surface area contributed by atoms with E-state index in [4.69, 9.17) is 23.2 Å². The van der Waals surface area contributed by atoms with Gasteiger partial charge in [0.25, 0.3) is 0 Å². The molecule has 0 aliphatic carbocycles. The number of benzene rings is 1. The topological polar surface area (TPSA) is 30.0 Å². The van der Waals surface area contributed by atoms with Gasteiger partial charge in [-0.1, -0.05) is 35.0 Å². The highest BCUT2D eigenvalue weighted by molar-refractivity contribution is 9.10. The smallest absolute Gasteiger partial charge is 0.174 e. The molecule has 6 heteroatoms. The minimum atomic E-state index is -0.0740. The van der Waals surface area contributed by atoms with E-state index < -0.39 is 0 Å². The van der Waals surface area contributed by atoms with Crippen LogP contribution in [0, 0.1) is 0 Å². The highest BCUT2D eigenvalue weighted by atomic mass is 79.9. The van der Waals surface area contributed by atoms with Crippen molar-refractivity contribution < 1.29 is 4.79 Å². The third kappa shape index (κ3) is 3.96. The van der Waals surface area contributed by atoms with Crippen LogP contribution in [-0.4, -0.2) is 16.5 Å². The molecule has 19 heavy (non-hydrogen) atoms. The number of aromatic nitrogens is 1. The third-order valence-electron chi connectivity index (χ3n) is 2.29. The van der Waals surface area contributed by atoms with Crippen LogP contribution in [0.2, 0.25) is 10.0 Å². The molecule has 0 aliphatic rings. The number of ketones is 1. The summed E-state index contributed by atoms with van der Waals surface area (Å²) in [5.41, 5.74) is 0.439. The van der Waals surface area contributed by atoms with E-state index in [1.54, 1.807) is 24.4 Å². The Kier molecular flexibility index (Phi) is 5.28. The Bertz CT molecular complexity index is 621. The van der Waals surface area contributed by atoms with Crippen LogP contribution < -0.4 is 0 Å². The third-order valence-corrected chi connectivity index (χ3v) is 4.77.